The van der Waals surface area contributed by atoms with Crippen LogP contribution in [-0.4, -0.2) is 20.9 Å². The average Bonchev–Trinajstić information content (AvgIpc) is 2.72. The maximum absolute atomic E-state index is 12.7. The van der Waals surface area contributed by atoms with Crippen molar-refractivity contribution < 1.29 is 17.9 Å². The average molecular weight is 410 g/mol. The first-order valence-corrected chi connectivity index (χ1v) is 10.6. The second kappa shape index (κ2) is 8.79. The van der Waals surface area contributed by atoms with Crippen LogP contribution in [0.1, 0.15) is 22.8 Å². The van der Waals surface area contributed by atoms with Crippen LogP contribution in [0, 0.1) is 6.92 Å². The van der Waals surface area contributed by atoms with Crippen molar-refractivity contribution in [1.29, 1.82) is 0 Å². The second-order valence-corrected chi connectivity index (χ2v) is 8.01. The Morgan fingerprint density at radius 3 is 2.34 bits per heavy atom. The molecule has 0 saturated carbocycles. The molecule has 0 aliphatic carbocycles. The molecular weight excluding hydrogens is 388 g/mol. The standard InChI is InChI=1S/C22H22N2O4S/c1-3-28-21-12-8-7-11-19(21)23-22(25)17-14-13-16(2)20(15-17)24-29(26,27)18-9-5-4-6-10-18/h4-15,24H,3H2,1-2H3,(H,23,25). The van der Waals surface area contributed by atoms with Crippen molar-refractivity contribution in [2.75, 3.05) is 16.6 Å². The van der Waals surface area contributed by atoms with Gasteiger partial charge in [-0.1, -0.05) is 36.4 Å². The number of sulfonamides is 1. The van der Waals surface area contributed by atoms with Crippen LogP contribution >= 0.6 is 0 Å². The van der Waals surface area contributed by atoms with Crippen LogP contribution < -0.4 is 14.8 Å². The maximum Gasteiger partial charge on any atom is 0.261 e. The molecule has 1 amide bonds. The molecule has 0 spiro atoms. The lowest BCUT2D eigenvalue weighted by atomic mass is 10.1. The van der Waals surface area contributed by atoms with Gasteiger partial charge in [0.1, 0.15) is 5.75 Å². The van der Waals surface area contributed by atoms with E-state index in [0.717, 1.165) is 0 Å². The van der Waals surface area contributed by atoms with Crippen LogP contribution in [0.5, 0.6) is 5.75 Å². The highest BCUT2D eigenvalue weighted by atomic mass is 32.2. The molecule has 6 nitrogen and oxygen atoms in total. The number of hydrogen-bond acceptors (Lipinski definition) is 4. The number of carbonyl (C=O) groups is 1. The molecular formula is C22H22N2O4S. The van der Waals surface area contributed by atoms with Gasteiger partial charge < -0.3 is 10.1 Å². The molecule has 0 saturated heterocycles. The molecule has 3 rings (SSSR count). The van der Waals surface area contributed by atoms with Gasteiger partial charge in [-0.05, 0) is 55.8 Å². The van der Waals surface area contributed by atoms with E-state index in [2.05, 4.69) is 10.0 Å². The zero-order chi connectivity index (χ0) is 20.9. The highest BCUT2D eigenvalue weighted by molar-refractivity contribution is 7.92. The third-order valence-electron chi connectivity index (χ3n) is 4.23. The minimum atomic E-state index is -3.75. The molecule has 0 aromatic heterocycles. The van der Waals surface area contributed by atoms with E-state index in [9.17, 15) is 13.2 Å². The molecule has 29 heavy (non-hydrogen) atoms. The fraction of sp³-hybridized carbons (Fsp3) is 0.136. The Bertz CT molecular complexity index is 1110. The summed E-state index contributed by atoms with van der Waals surface area (Å²) in [5, 5.41) is 2.81. The second-order valence-electron chi connectivity index (χ2n) is 6.33. The van der Waals surface area contributed by atoms with Gasteiger partial charge in [0.2, 0.25) is 0 Å². The van der Waals surface area contributed by atoms with Crippen LogP contribution in [0.15, 0.2) is 77.7 Å². The number of ether oxygens (including phenoxy) is 1. The Morgan fingerprint density at radius 1 is 0.931 bits per heavy atom. The number of nitrogens with one attached hydrogen (secondary N) is 2. The van der Waals surface area contributed by atoms with Gasteiger partial charge in [0.05, 0.1) is 22.9 Å². The molecule has 0 radical (unpaired) electrons. The van der Waals surface area contributed by atoms with Crippen molar-refractivity contribution in [2.24, 2.45) is 0 Å². The lowest BCUT2D eigenvalue weighted by molar-refractivity contribution is 0.102. The van der Waals surface area contributed by atoms with Gasteiger partial charge in [-0.25, -0.2) is 8.42 Å². The summed E-state index contributed by atoms with van der Waals surface area (Å²) in [7, 11) is -3.75. The van der Waals surface area contributed by atoms with E-state index in [4.69, 9.17) is 4.74 Å². The van der Waals surface area contributed by atoms with Crippen LogP contribution in [-0.2, 0) is 10.0 Å². The SMILES string of the molecule is CCOc1ccccc1NC(=O)c1ccc(C)c(NS(=O)(=O)c2ccccc2)c1. The van der Waals surface area contributed by atoms with Gasteiger partial charge in [-0.15, -0.1) is 0 Å². The summed E-state index contributed by atoms with van der Waals surface area (Å²) in [5.41, 5.74) is 1.93. The Morgan fingerprint density at radius 2 is 1.62 bits per heavy atom. The van der Waals surface area contributed by atoms with Crippen molar-refractivity contribution in [3.63, 3.8) is 0 Å². The van der Waals surface area contributed by atoms with Crippen molar-refractivity contribution in [2.45, 2.75) is 18.7 Å². The first-order chi connectivity index (χ1) is 13.9. The van der Waals surface area contributed by atoms with Gasteiger partial charge in [-0.3, -0.25) is 9.52 Å². The number of rotatable bonds is 7. The highest BCUT2D eigenvalue weighted by Crippen LogP contribution is 2.26. The molecule has 0 heterocycles. The zero-order valence-electron chi connectivity index (χ0n) is 16.2. The summed E-state index contributed by atoms with van der Waals surface area (Å²) in [6.45, 7) is 4.11. The van der Waals surface area contributed by atoms with E-state index in [1.807, 2.05) is 13.0 Å². The van der Waals surface area contributed by atoms with Crippen molar-refractivity contribution in [3.05, 3.63) is 83.9 Å². The van der Waals surface area contributed by atoms with E-state index in [-0.39, 0.29) is 10.8 Å². The van der Waals surface area contributed by atoms with Crippen molar-refractivity contribution >= 4 is 27.3 Å². The molecule has 0 atom stereocenters. The van der Waals surface area contributed by atoms with Gasteiger partial charge >= 0.3 is 0 Å². The Hall–Kier alpha value is -3.32. The molecule has 0 fully saturated rings. The topological polar surface area (TPSA) is 84.5 Å². The zero-order valence-corrected chi connectivity index (χ0v) is 17.0. The Kier molecular flexibility index (Phi) is 6.19. The molecule has 0 aliphatic rings. The smallest absolute Gasteiger partial charge is 0.261 e. The number of hydrogen-bond donors (Lipinski definition) is 2. The summed E-state index contributed by atoms with van der Waals surface area (Å²) < 4.78 is 33.3. The number of benzene rings is 3. The molecule has 3 aromatic carbocycles. The fourth-order valence-corrected chi connectivity index (χ4v) is 3.87. The van der Waals surface area contributed by atoms with Crippen molar-refractivity contribution in [3.8, 4) is 5.75 Å². The summed E-state index contributed by atoms with van der Waals surface area (Å²) >= 11 is 0. The third kappa shape index (κ3) is 4.94. The van der Waals surface area contributed by atoms with Gasteiger partial charge in [0.25, 0.3) is 15.9 Å². The number of carbonyl (C=O) groups excluding carboxylic acids is 1. The molecule has 0 aliphatic heterocycles. The number of amides is 1. The lowest BCUT2D eigenvalue weighted by Gasteiger charge is -2.14. The van der Waals surface area contributed by atoms with Gasteiger partial charge in [0, 0.05) is 5.56 Å². The molecule has 150 valence electrons. The first kappa shape index (κ1) is 20.4. The van der Waals surface area contributed by atoms with E-state index < -0.39 is 10.0 Å². The minimum Gasteiger partial charge on any atom is -0.492 e. The predicted octanol–water partition coefficient (Wildman–Crippen LogP) is 4.45. The van der Waals surface area contributed by atoms with Crippen LogP contribution in [0.3, 0.4) is 0 Å². The highest BCUT2D eigenvalue weighted by Gasteiger charge is 2.17. The Labute approximate surface area is 170 Å². The summed E-state index contributed by atoms with van der Waals surface area (Å²) in [5.74, 6) is 0.206. The largest absolute Gasteiger partial charge is 0.492 e. The van der Waals surface area contributed by atoms with Crippen molar-refractivity contribution in [1.82, 2.24) is 0 Å². The van der Waals surface area contributed by atoms with Crippen LogP contribution in [0.4, 0.5) is 11.4 Å². The summed E-state index contributed by atoms with van der Waals surface area (Å²) in [6.07, 6.45) is 0. The molecule has 0 bridgehead atoms. The summed E-state index contributed by atoms with van der Waals surface area (Å²) in [4.78, 5) is 12.9. The normalized spacial score (nSPS) is 11.0. The fourth-order valence-electron chi connectivity index (χ4n) is 2.72. The van der Waals surface area contributed by atoms with E-state index >= 15 is 0 Å². The van der Waals surface area contributed by atoms with Crippen LogP contribution in [0.25, 0.3) is 0 Å². The van der Waals surface area contributed by atoms with E-state index in [1.54, 1.807) is 55.5 Å². The third-order valence-corrected chi connectivity index (χ3v) is 5.61. The molecule has 2 N–H and O–H groups in total. The molecule has 0 unspecified atom stereocenters. The summed E-state index contributed by atoms with van der Waals surface area (Å²) in [6, 6.07) is 20.1. The first-order valence-electron chi connectivity index (χ1n) is 9.12. The Balaban J connectivity index is 1.85. The molecule has 3 aromatic rings. The molecule has 7 heteroatoms. The number of para-hydroxylation sites is 2. The predicted molar refractivity (Wildman–Crippen MR) is 114 cm³/mol. The van der Waals surface area contributed by atoms with Gasteiger partial charge in [0.15, 0.2) is 0 Å². The van der Waals surface area contributed by atoms with Crippen LogP contribution in [0.2, 0.25) is 0 Å². The number of aryl methyl sites for hydroxylation is 1. The minimum absolute atomic E-state index is 0.153. The van der Waals surface area contributed by atoms with E-state index in [1.165, 1.54) is 18.2 Å². The number of anilines is 2. The van der Waals surface area contributed by atoms with Gasteiger partial charge in [-0.2, -0.15) is 0 Å². The monoisotopic (exact) mass is 410 g/mol. The van der Waals surface area contributed by atoms with E-state index in [0.29, 0.717) is 34.9 Å². The maximum atomic E-state index is 12.7. The lowest BCUT2D eigenvalue weighted by Crippen LogP contribution is -2.16. The quantitative estimate of drug-likeness (QED) is 0.603.